The van der Waals surface area contributed by atoms with Crippen LogP contribution < -0.4 is 10.7 Å². The molecule has 0 fully saturated rings. The van der Waals surface area contributed by atoms with Crippen LogP contribution in [0, 0.1) is 27.7 Å². The summed E-state index contributed by atoms with van der Waals surface area (Å²) in [6.07, 6.45) is 2.66. The van der Waals surface area contributed by atoms with Crippen LogP contribution in [-0.2, 0) is 6.42 Å². The molecule has 0 spiro atoms. The van der Waals surface area contributed by atoms with Crippen molar-refractivity contribution in [3.63, 3.8) is 0 Å². The molecule has 0 aliphatic heterocycles. The number of aryl methyl sites for hydroxylation is 4. The van der Waals surface area contributed by atoms with Gasteiger partial charge in [-0.15, -0.1) is 0 Å². The van der Waals surface area contributed by atoms with Crippen LogP contribution in [0.2, 0.25) is 0 Å². The maximum atomic E-state index is 12.1. The van der Waals surface area contributed by atoms with Crippen molar-refractivity contribution >= 4 is 17.9 Å². The fraction of sp³-hybridized carbons (Fsp3) is 0.250. The first kappa shape index (κ1) is 20.4. The van der Waals surface area contributed by atoms with E-state index in [1.807, 2.05) is 31.2 Å². The largest absolute Gasteiger partial charge is 0.339 e. The zero-order valence-electron chi connectivity index (χ0n) is 17.7. The lowest BCUT2D eigenvalue weighted by Gasteiger charge is -2.17. The number of hydrogen-bond acceptors (Lipinski definition) is 2. The lowest BCUT2D eigenvalue weighted by molar-refractivity contribution is 0.252. The van der Waals surface area contributed by atoms with Crippen LogP contribution in [0.3, 0.4) is 0 Å². The maximum absolute atomic E-state index is 12.1. The highest BCUT2D eigenvalue weighted by atomic mass is 16.2. The Kier molecular flexibility index (Phi) is 6.17. The van der Waals surface area contributed by atoms with Gasteiger partial charge in [-0.2, -0.15) is 5.10 Å². The monoisotopic (exact) mass is 388 g/mol. The molecule has 0 saturated carbocycles. The number of para-hydroxylation sites is 2. The summed E-state index contributed by atoms with van der Waals surface area (Å²) in [4.78, 5) is 12.1. The number of carbonyl (C=O) groups excluding carboxylic acids is 1. The first-order valence-corrected chi connectivity index (χ1v) is 9.85. The van der Waals surface area contributed by atoms with E-state index in [0.717, 1.165) is 34.6 Å². The van der Waals surface area contributed by atoms with Gasteiger partial charge in [0.1, 0.15) is 0 Å². The summed E-state index contributed by atoms with van der Waals surface area (Å²) >= 11 is 0. The number of nitrogens with one attached hydrogen (secondary N) is 2. The molecule has 3 aromatic rings. The van der Waals surface area contributed by atoms with Gasteiger partial charge in [-0.25, -0.2) is 10.2 Å². The third-order valence-corrected chi connectivity index (χ3v) is 5.16. The Morgan fingerprint density at radius 1 is 1.03 bits per heavy atom. The summed E-state index contributed by atoms with van der Waals surface area (Å²) in [7, 11) is 0. The molecule has 0 atom stereocenters. The number of rotatable bonds is 5. The van der Waals surface area contributed by atoms with Crippen LogP contribution in [0.1, 0.15) is 40.6 Å². The molecule has 3 rings (SSSR count). The number of hydrazone groups is 1. The van der Waals surface area contributed by atoms with Gasteiger partial charge in [0.2, 0.25) is 0 Å². The number of anilines is 1. The highest BCUT2D eigenvalue weighted by Gasteiger charge is 2.14. The molecule has 5 heteroatoms. The van der Waals surface area contributed by atoms with Crippen LogP contribution in [0.4, 0.5) is 10.5 Å². The van der Waals surface area contributed by atoms with Gasteiger partial charge in [0.05, 0.1) is 11.9 Å². The fourth-order valence-corrected chi connectivity index (χ4v) is 3.61. The molecular weight excluding hydrogens is 360 g/mol. The number of carbonyl (C=O) groups is 1. The average Bonchev–Trinajstić information content (AvgIpc) is 2.97. The number of nitrogens with zero attached hydrogens (tertiary/aromatic N) is 2. The lowest BCUT2D eigenvalue weighted by Crippen LogP contribution is -2.24. The van der Waals surface area contributed by atoms with E-state index in [1.165, 1.54) is 16.8 Å². The van der Waals surface area contributed by atoms with Gasteiger partial charge in [0, 0.05) is 22.6 Å². The SMILES string of the molecule is CCc1cccc(C)c1-n1c(C)cc(/C=N/NC(=O)Nc2ccccc2C)c1C. The number of benzene rings is 2. The maximum Gasteiger partial charge on any atom is 0.339 e. The predicted molar refractivity (Wildman–Crippen MR) is 120 cm³/mol. The lowest BCUT2D eigenvalue weighted by atomic mass is 10.1. The van der Waals surface area contributed by atoms with E-state index in [2.05, 4.69) is 72.4 Å². The van der Waals surface area contributed by atoms with E-state index < -0.39 is 0 Å². The Morgan fingerprint density at radius 2 is 1.76 bits per heavy atom. The molecule has 150 valence electrons. The molecule has 2 N–H and O–H groups in total. The van der Waals surface area contributed by atoms with E-state index in [4.69, 9.17) is 0 Å². The van der Waals surface area contributed by atoms with Gasteiger partial charge < -0.3 is 9.88 Å². The number of aromatic nitrogens is 1. The predicted octanol–water partition coefficient (Wildman–Crippen LogP) is 5.43. The van der Waals surface area contributed by atoms with Crippen molar-refractivity contribution in [2.45, 2.75) is 41.0 Å². The minimum atomic E-state index is -0.364. The highest BCUT2D eigenvalue weighted by Crippen LogP contribution is 2.26. The summed E-state index contributed by atoms with van der Waals surface area (Å²) in [5.41, 5.74) is 11.3. The summed E-state index contributed by atoms with van der Waals surface area (Å²) < 4.78 is 2.27. The van der Waals surface area contributed by atoms with Gasteiger partial charge in [-0.05, 0) is 62.9 Å². The topological polar surface area (TPSA) is 58.4 Å². The smallest absolute Gasteiger partial charge is 0.317 e. The standard InChI is InChI=1S/C24H28N4O/c1-6-20-12-9-11-17(3)23(20)28-18(4)14-21(19(28)5)15-25-27-24(29)26-22-13-8-7-10-16(22)2/h7-15H,6H2,1-5H3,(H2,26,27,29)/b25-15+. The summed E-state index contributed by atoms with van der Waals surface area (Å²) in [5.74, 6) is 0. The van der Waals surface area contributed by atoms with Gasteiger partial charge in [0.15, 0.2) is 0 Å². The Hall–Kier alpha value is -3.34. The van der Waals surface area contributed by atoms with E-state index in [9.17, 15) is 4.79 Å². The molecule has 0 aliphatic carbocycles. The summed E-state index contributed by atoms with van der Waals surface area (Å²) in [6, 6.07) is 15.8. The van der Waals surface area contributed by atoms with Crippen molar-refractivity contribution in [2.75, 3.05) is 5.32 Å². The molecule has 0 bridgehead atoms. The fourth-order valence-electron chi connectivity index (χ4n) is 3.61. The van der Waals surface area contributed by atoms with E-state index in [0.29, 0.717) is 0 Å². The van der Waals surface area contributed by atoms with E-state index >= 15 is 0 Å². The molecular formula is C24H28N4O. The molecule has 29 heavy (non-hydrogen) atoms. The molecule has 1 aromatic heterocycles. The first-order chi connectivity index (χ1) is 13.9. The van der Waals surface area contributed by atoms with E-state index in [-0.39, 0.29) is 6.03 Å². The van der Waals surface area contributed by atoms with Crippen molar-refractivity contribution in [1.82, 2.24) is 9.99 Å². The van der Waals surface area contributed by atoms with Crippen molar-refractivity contribution in [3.8, 4) is 5.69 Å². The Balaban J connectivity index is 1.79. The molecule has 2 aromatic carbocycles. The molecule has 0 unspecified atom stereocenters. The quantitative estimate of drug-likeness (QED) is 0.444. The normalized spacial score (nSPS) is 11.1. The zero-order chi connectivity index (χ0) is 21.0. The van der Waals surface area contributed by atoms with Crippen LogP contribution >= 0.6 is 0 Å². The second kappa shape index (κ2) is 8.78. The second-order valence-electron chi connectivity index (χ2n) is 7.24. The van der Waals surface area contributed by atoms with Crippen LogP contribution in [0.25, 0.3) is 5.69 Å². The Labute approximate surface area is 172 Å². The molecule has 2 amide bonds. The summed E-state index contributed by atoms with van der Waals surface area (Å²) in [6.45, 7) is 10.4. The highest BCUT2D eigenvalue weighted by molar-refractivity contribution is 5.91. The van der Waals surface area contributed by atoms with Gasteiger partial charge in [-0.1, -0.05) is 43.3 Å². The van der Waals surface area contributed by atoms with Crippen LogP contribution in [0.5, 0.6) is 0 Å². The molecule has 0 saturated heterocycles. The van der Waals surface area contributed by atoms with Crippen molar-refractivity contribution in [3.05, 3.63) is 82.2 Å². The third kappa shape index (κ3) is 4.40. The minimum Gasteiger partial charge on any atom is -0.317 e. The number of hydrogen-bond donors (Lipinski definition) is 2. The molecule has 0 radical (unpaired) electrons. The van der Waals surface area contributed by atoms with Crippen LogP contribution in [0.15, 0.2) is 53.6 Å². The van der Waals surface area contributed by atoms with Crippen LogP contribution in [-0.4, -0.2) is 16.8 Å². The van der Waals surface area contributed by atoms with Crippen molar-refractivity contribution < 1.29 is 4.79 Å². The van der Waals surface area contributed by atoms with E-state index in [1.54, 1.807) is 6.21 Å². The van der Waals surface area contributed by atoms with Gasteiger partial charge in [-0.3, -0.25) is 0 Å². The zero-order valence-corrected chi connectivity index (χ0v) is 17.7. The Morgan fingerprint density at radius 3 is 2.48 bits per heavy atom. The molecule has 0 aliphatic rings. The van der Waals surface area contributed by atoms with Gasteiger partial charge >= 0.3 is 6.03 Å². The van der Waals surface area contributed by atoms with Crippen molar-refractivity contribution in [1.29, 1.82) is 0 Å². The second-order valence-corrected chi connectivity index (χ2v) is 7.24. The van der Waals surface area contributed by atoms with Gasteiger partial charge in [0.25, 0.3) is 0 Å². The first-order valence-electron chi connectivity index (χ1n) is 9.85. The minimum absolute atomic E-state index is 0.364. The number of amides is 2. The molecule has 5 nitrogen and oxygen atoms in total. The summed E-state index contributed by atoms with van der Waals surface area (Å²) in [5, 5.41) is 6.95. The third-order valence-electron chi connectivity index (χ3n) is 5.16. The Bertz CT molecular complexity index is 1060. The average molecular weight is 389 g/mol. The number of urea groups is 1. The van der Waals surface area contributed by atoms with Crippen molar-refractivity contribution in [2.24, 2.45) is 5.10 Å². The molecule has 1 heterocycles.